The Morgan fingerprint density at radius 3 is 2.13 bits per heavy atom. The molecule has 0 aromatic carbocycles. The van der Waals surface area contributed by atoms with Gasteiger partial charge in [-0.05, 0) is 95.0 Å². The van der Waals surface area contributed by atoms with Crippen LogP contribution < -0.4 is 0 Å². The molecule has 0 aromatic heterocycles. The molecule has 1 saturated heterocycles. The molecule has 2 aliphatic carbocycles. The molecule has 0 bridgehead atoms. The fourth-order valence-electron chi connectivity index (χ4n) is 8.05. The summed E-state index contributed by atoms with van der Waals surface area (Å²) < 4.78 is 26.2. The first-order chi connectivity index (χ1) is 21.1. The third-order valence-corrected chi connectivity index (χ3v) is 12.6. The van der Waals surface area contributed by atoms with Crippen molar-refractivity contribution < 1.29 is 27.9 Å². The van der Waals surface area contributed by atoms with E-state index in [1.54, 1.807) is 0 Å². The lowest BCUT2D eigenvalue weighted by molar-refractivity contribution is -0.183. The second-order valence-corrected chi connectivity index (χ2v) is 22.8. The van der Waals surface area contributed by atoms with Gasteiger partial charge in [-0.25, -0.2) is 4.79 Å². The van der Waals surface area contributed by atoms with Crippen molar-refractivity contribution >= 4 is 30.0 Å². The first-order valence-electron chi connectivity index (χ1n) is 18.2. The Bertz CT molecular complexity index is 1110. The van der Waals surface area contributed by atoms with E-state index < -0.39 is 35.2 Å². The lowest BCUT2D eigenvalue weighted by Crippen LogP contribution is -2.55. The minimum Gasteiger partial charge on any atom is -0.461 e. The molecule has 1 aliphatic heterocycles. The van der Waals surface area contributed by atoms with E-state index in [0.717, 1.165) is 38.5 Å². The maximum atomic E-state index is 13.8. The number of ether oxygens (including phenoxy) is 2. The molecule has 0 radical (unpaired) electrons. The average Bonchev–Trinajstić information content (AvgIpc) is 2.91. The normalized spacial score (nSPS) is 30.5. The summed E-state index contributed by atoms with van der Waals surface area (Å²) in [5.41, 5.74) is 0.111. The van der Waals surface area contributed by atoms with Crippen LogP contribution in [0.5, 0.6) is 0 Å². The molecular formula is C38H68O6Si2. The van der Waals surface area contributed by atoms with Gasteiger partial charge in [-0.1, -0.05) is 79.5 Å². The van der Waals surface area contributed by atoms with Gasteiger partial charge >= 0.3 is 11.9 Å². The highest BCUT2D eigenvalue weighted by Gasteiger charge is 2.53. The highest BCUT2D eigenvalue weighted by atomic mass is 28.3. The minimum absolute atomic E-state index is 0.0213. The van der Waals surface area contributed by atoms with Crippen molar-refractivity contribution in [2.24, 2.45) is 39.9 Å². The fraction of sp³-hybridized carbons (Fsp3) is 0.842. The molecule has 3 rings (SSSR count). The molecule has 264 valence electrons. The molecule has 3 aliphatic rings. The number of fused-ring (bicyclic) bond motifs is 1. The molecule has 1 heterocycles. The van der Waals surface area contributed by atoms with Gasteiger partial charge < -0.3 is 18.3 Å². The number of cyclic esters (lactones) is 1. The summed E-state index contributed by atoms with van der Waals surface area (Å²) in [6, 6.07) is 0. The van der Waals surface area contributed by atoms with Crippen molar-refractivity contribution in [1.29, 1.82) is 0 Å². The van der Waals surface area contributed by atoms with E-state index in [4.69, 9.17) is 18.3 Å². The Balaban J connectivity index is 2.02. The lowest BCUT2D eigenvalue weighted by atomic mass is 9.61. The van der Waals surface area contributed by atoms with Crippen molar-refractivity contribution in [1.82, 2.24) is 0 Å². The van der Waals surface area contributed by atoms with E-state index in [1.165, 1.54) is 5.57 Å². The van der Waals surface area contributed by atoms with Crippen molar-refractivity contribution in [3.8, 4) is 0 Å². The van der Waals surface area contributed by atoms with Crippen LogP contribution in [0.3, 0.4) is 0 Å². The van der Waals surface area contributed by atoms with Gasteiger partial charge in [0.1, 0.15) is 18.3 Å². The van der Waals surface area contributed by atoms with Gasteiger partial charge in [0, 0.05) is 24.2 Å². The van der Waals surface area contributed by atoms with Crippen LogP contribution in [0.15, 0.2) is 23.8 Å². The number of rotatable bonds is 12. The zero-order valence-corrected chi connectivity index (χ0v) is 34.1. The van der Waals surface area contributed by atoms with Crippen LogP contribution in [0.2, 0.25) is 26.2 Å². The van der Waals surface area contributed by atoms with E-state index >= 15 is 0 Å². The maximum Gasteiger partial charge on any atom is 0.334 e. The van der Waals surface area contributed by atoms with Gasteiger partial charge in [-0.15, -0.1) is 0 Å². The van der Waals surface area contributed by atoms with Crippen molar-refractivity contribution in [3.05, 3.63) is 23.8 Å². The quantitative estimate of drug-likeness (QED) is 0.152. The summed E-state index contributed by atoms with van der Waals surface area (Å²) >= 11 is 0. The smallest absolute Gasteiger partial charge is 0.334 e. The first kappa shape index (κ1) is 39.2. The Morgan fingerprint density at radius 2 is 1.59 bits per heavy atom. The Kier molecular flexibility index (Phi) is 12.9. The van der Waals surface area contributed by atoms with E-state index in [0.29, 0.717) is 12.3 Å². The molecule has 6 nitrogen and oxygen atoms in total. The number of unbranched alkanes of at least 4 members (excludes halogenated alkanes) is 1. The molecule has 0 amide bonds. The first-order valence-corrected chi connectivity index (χ1v) is 23.8. The second kappa shape index (κ2) is 15.1. The zero-order valence-electron chi connectivity index (χ0n) is 31.8. The van der Waals surface area contributed by atoms with Crippen molar-refractivity contribution in [2.75, 3.05) is 0 Å². The van der Waals surface area contributed by atoms with Crippen molar-refractivity contribution in [3.63, 3.8) is 0 Å². The number of hydrogen-bond acceptors (Lipinski definition) is 6. The number of carbonyl (C=O) groups is 2. The molecule has 0 aromatic rings. The Morgan fingerprint density at radius 1 is 0.935 bits per heavy atom. The third kappa shape index (κ3) is 9.69. The third-order valence-electron chi connectivity index (χ3n) is 10.7. The standard InChI is InChI=1S/C38H68O6Si2/c1-15-16-20-37(8,9)34(40)42-30-22-26(35(2,3)4)21-25-18-17-19-28(31(25)30)38(10,44-46(13)14)24-27-23-29(36(5,6)7)32(33(39)41-27)43-45(11)12/h17-18,21,26-32,45-46H,15-16,19-20,22-24H2,1-14H3/t26-,27-,28+,29+,30+,31+,32?,38+/m1/s1. The molecule has 0 N–H and O–H groups in total. The molecule has 46 heavy (non-hydrogen) atoms. The summed E-state index contributed by atoms with van der Waals surface area (Å²) in [5, 5.41) is 0. The predicted molar refractivity (Wildman–Crippen MR) is 194 cm³/mol. The monoisotopic (exact) mass is 676 g/mol. The van der Waals surface area contributed by atoms with Crippen LogP contribution in [0.1, 0.15) is 114 Å². The van der Waals surface area contributed by atoms with Gasteiger partial charge in [-0.2, -0.15) is 0 Å². The fourth-order valence-corrected chi connectivity index (χ4v) is 10.3. The average molecular weight is 677 g/mol. The van der Waals surface area contributed by atoms with Crippen LogP contribution in [0, 0.1) is 39.9 Å². The highest BCUT2D eigenvalue weighted by Crippen LogP contribution is 2.51. The largest absolute Gasteiger partial charge is 0.461 e. The van der Waals surface area contributed by atoms with E-state index in [2.05, 4.69) is 99.8 Å². The summed E-state index contributed by atoms with van der Waals surface area (Å²) in [6.07, 6.45) is 11.9. The lowest BCUT2D eigenvalue weighted by Gasteiger charge is -2.52. The topological polar surface area (TPSA) is 71.1 Å². The minimum atomic E-state index is -1.53. The predicted octanol–water partition coefficient (Wildman–Crippen LogP) is 8.79. The number of hydrogen-bond donors (Lipinski definition) is 0. The summed E-state index contributed by atoms with van der Waals surface area (Å²) in [4.78, 5) is 27.4. The SMILES string of the molecule is CCCCC(C)(C)C(=O)O[C@H]1C[C@H](C(C)(C)C)C=C2C=CC[C@H]([C@](C)(C[C@H]3C[C@H](C(C)(C)C)C(O[SiH](C)C)C(=O)O3)O[SiH](C)C)[C@H]21. The van der Waals surface area contributed by atoms with Crippen LogP contribution in [-0.4, -0.2) is 53.9 Å². The summed E-state index contributed by atoms with van der Waals surface area (Å²) in [5.74, 6) is 0.143. The molecule has 0 saturated carbocycles. The van der Waals surface area contributed by atoms with Crippen LogP contribution in [-0.2, 0) is 27.9 Å². The van der Waals surface area contributed by atoms with Gasteiger partial charge in [-0.3, -0.25) is 4.79 Å². The molecule has 8 atom stereocenters. The Labute approximate surface area is 285 Å². The van der Waals surface area contributed by atoms with Gasteiger partial charge in [0.05, 0.1) is 11.0 Å². The van der Waals surface area contributed by atoms with E-state index in [9.17, 15) is 9.59 Å². The number of carbonyl (C=O) groups excluding carboxylic acids is 2. The molecule has 1 fully saturated rings. The molecule has 8 heteroatoms. The van der Waals surface area contributed by atoms with Gasteiger partial charge in [0.25, 0.3) is 0 Å². The molecule has 0 spiro atoms. The summed E-state index contributed by atoms with van der Waals surface area (Å²) in [6.45, 7) is 30.6. The Hall–Kier alpha value is -1.23. The maximum absolute atomic E-state index is 13.8. The second-order valence-electron chi connectivity index (χ2n) is 18.1. The molecule has 1 unspecified atom stereocenters. The van der Waals surface area contributed by atoms with Crippen LogP contribution in [0.4, 0.5) is 0 Å². The van der Waals surface area contributed by atoms with Gasteiger partial charge in [0.2, 0.25) is 0 Å². The van der Waals surface area contributed by atoms with Crippen LogP contribution in [0.25, 0.3) is 0 Å². The molecular weight excluding hydrogens is 609 g/mol. The van der Waals surface area contributed by atoms with E-state index in [1.807, 2.05) is 13.8 Å². The van der Waals surface area contributed by atoms with Gasteiger partial charge in [0.15, 0.2) is 18.1 Å². The highest BCUT2D eigenvalue weighted by molar-refractivity contribution is 6.48. The van der Waals surface area contributed by atoms with E-state index in [-0.39, 0.29) is 52.7 Å². The summed E-state index contributed by atoms with van der Waals surface area (Å²) in [7, 11) is -2.97. The van der Waals surface area contributed by atoms with Crippen LogP contribution >= 0.6 is 0 Å². The zero-order chi connectivity index (χ0) is 34.8. The number of allylic oxidation sites excluding steroid dienone is 3. The van der Waals surface area contributed by atoms with Crippen molar-refractivity contribution in [2.45, 2.75) is 164 Å². The number of esters is 2.